The summed E-state index contributed by atoms with van der Waals surface area (Å²) >= 11 is 4.21. The van der Waals surface area contributed by atoms with E-state index in [0.717, 1.165) is 0 Å². The van der Waals surface area contributed by atoms with E-state index in [1.807, 2.05) is 5.16 Å². The molecule has 42 valence electrons. The number of nitrogens with zero attached hydrogens (tertiary/aromatic N) is 1. The molecule has 0 saturated carbocycles. The third-order valence-electron chi connectivity index (χ3n) is 0.416. The third kappa shape index (κ3) is 3.82. The second kappa shape index (κ2) is 4.79. The molecule has 0 aliphatic carbocycles. The molecule has 0 fully saturated rings. The largest absolute Gasteiger partial charge is 0.526 e. The first-order valence-corrected chi connectivity index (χ1v) is 3.67. The summed E-state index contributed by atoms with van der Waals surface area (Å²) in [6, 6.07) is 0. The zero-order valence-electron chi connectivity index (χ0n) is 4.37. The fourth-order valence-electron chi connectivity index (χ4n) is 0.201. The van der Waals surface area contributed by atoms with Gasteiger partial charge in [-0.25, -0.2) is 0 Å². The van der Waals surface area contributed by atoms with Crippen LogP contribution in [0.25, 0.3) is 0 Å². The highest BCUT2D eigenvalue weighted by atomic mass is 32.1. The summed E-state index contributed by atoms with van der Waals surface area (Å²) in [5.74, 6) is 1.47. The Hall–Kier alpha value is -0.360. The molecule has 0 aliphatic heterocycles. The Morgan fingerprint density at radius 1 is 1.88 bits per heavy atom. The van der Waals surface area contributed by atoms with Gasteiger partial charge < -0.3 is 0 Å². The van der Waals surface area contributed by atoms with Gasteiger partial charge in [-0.05, 0) is 29.8 Å². The van der Waals surface area contributed by atoms with Gasteiger partial charge in [-0.3, -0.25) is 0 Å². The lowest BCUT2D eigenvalue weighted by Gasteiger charge is -1.54. The van der Waals surface area contributed by atoms with Crippen molar-refractivity contribution in [2.24, 2.45) is 4.76 Å². The Morgan fingerprint density at radius 2 is 2.50 bits per heavy atom. The number of hydrogen-bond acceptors (Lipinski definition) is 2. The lowest BCUT2D eigenvalue weighted by molar-refractivity contribution is 0.594. The van der Waals surface area contributed by atoms with Crippen LogP contribution in [0.1, 0.15) is 6.92 Å². The van der Waals surface area contributed by atoms with E-state index in [4.69, 9.17) is 0 Å². The monoisotopic (exact) mass is 146 g/mol. The van der Waals surface area contributed by atoms with Crippen LogP contribution in [-0.2, 0) is 4.57 Å². The molecule has 1 atom stereocenters. The summed E-state index contributed by atoms with van der Waals surface area (Å²) in [4.78, 5) is 0. The fraction of sp³-hybridized carbons (Fsp3) is 0.250. The molecule has 0 saturated heterocycles. The van der Waals surface area contributed by atoms with E-state index in [0.29, 0.717) is 0 Å². The van der Waals surface area contributed by atoms with Crippen molar-refractivity contribution < 1.29 is 4.57 Å². The highest BCUT2D eigenvalue weighted by Crippen LogP contribution is 2.21. The van der Waals surface area contributed by atoms with Crippen LogP contribution in [0.15, 0.2) is 16.7 Å². The van der Waals surface area contributed by atoms with Gasteiger partial charge >= 0.3 is 7.95 Å². The maximum absolute atomic E-state index is 10.4. The fourth-order valence-corrected chi connectivity index (χ4v) is 0.845. The minimum atomic E-state index is -1.60. The normalized spacial score (nSPS) is 10.9. The molecule has 0 aromatic rings. The Labute approximate surface area is 54.2 Å². The summed E-state index contributed by atoms with van der Waals surface area (Å²) in [5, 5.41) is 2.03. The molecule has 8 heavy (non-hydrogen) atoms. The maximum atomic E-state index is 10.4. The first-order chi connectivity index (χ1) is 3.81. The molecule has 0 amide bonds. The number of isothiocyanates is 1. The van der Waals surface area contributed by atoms with Gasteiger partial charge in [-0.2, -0.15) is 0 Å². The van der Waals surface area contributed by atoms with E-state index in [1.165, 1.54) is 5.82 Å². The molecule has 2 nitrogen and oxygen atoms in total. The smallest absolute Gasteiger partial charge is 0.0428 e. The minimum Gasteiger partial charge on any atom is -0.0428 e. The van der Waals surface area contributed by atoms with E-state index in [1.54, 1.807) is 13.0 Å². The van der Waals surface area contributed by atoms with Gasteiger partial charge in [0.25, 0.3) is 0 Å². The van der Waals surface area contributed by atoms with E-state index in [2.05, 4.69) is 17.0 Å². The highest BCUT2D eigenvalue weighted by Gasteiger charge is 2.02. The average Bonchev–Trinajstić information content (AvgIpc) is 1.68. The van der Waals surface area contributed by atoms with Crippen LogP contribution < -0.4 is 0 Å². The second-order valence-electron chi connectivity index (χ2n) is 0.976. The molecule has 4 heteroatoms. The van der Waals surface area contributed by atoms with Crippen LogP contribution in [0.5, 0.6) is 0 Å². The molecule has 0 spiro atoms. The molecular formula is C4H5NOPS+. The van der Waals surface area contributed by atoms with Crippen LogP contribution in [0, 0.1) is 0 Å². The van der Waals surface area contributed by atoms with Crippen LogP contribution in [0.2, 0.25) is 0 Å². The second-order valence-corrected chi connectivity index (χ2v) is 2.26. The van der Waals surface area contributed by atoms with Crippen LogP contribution >= 0.6 is 20.2 Å². The van der Waals surface area contributed by atoms with E-state index >= 15 is 0 Å². The van der Waals surface area contributed by atoms with Crippen molar-refractivity contribution >= 4 is 25.3 Å². The molecular weight excluding hydrogens is 141 g/mol. The number of thiocarbonyl (C=S) groups is 1. The predicted molar refractivity (Wildman–Crippen MR) is 37.4 cm³/mol. The summed E-state index contributed by atoms with van der Waals surface area (Å²) in [6.45, 7) is 1.77. The standard InChI is InChI=1S/C4H5NOPS/c1-2-3-7(6)5-4-8/h2-3H,1H3/q+1. The molecule has 0 rings (SSSR count). The summed E-state index contributed by atoms with van der Waals surface area (Å²) < 4.78 is 13.7. The van der Waals surface area contributed by atoms with Gasteiger partial charge in [0, 0.05) is 4.76 Å². The molecule has 0 aliphatic rings. The Kier molecular flexibility index (Phi) is 4.58. The zero-order chi connectivity index (χ0) is 6.41. The van der Waals surface area contributed by atoms with Crippen molar-refractivity contribution in [1.82, 2.24) is 0 Å². The van der Waals surface area contributed by atoms with Crippen LogP contribution in [0.4, 0.5) is 0 Å². The first kappa shape index (κ1) is 7.64. The first-order valence-electron chi connectivity index (χ1n) is 1.98. The molecule has 0 aromatic heterocycles. The topological polar surface area (TPSA) is 29.4 Å². The van der Waals surface area contributed by atoms with E-state index < -0.39 is 7.95 Å². The molecule has 0 N–H and O–H groups in total. The van der Waals surface area contributed by atoms with Gasteiger partial charge in [0.2, 0.25) is 0 Å². The van der Waals surface area contributed by atoms with Gasteiger partial charge in [0.15, 0.2) is 5.82 Å². The Bertz CT molecular complexity index is 159. The van der Waals surface area contributed by atoms with Gasteiger partial charge in [0.05, 0.1) is 0 Å². The van der Waals surface area contributed by atoms with Crippen LogP contribution in [0.3, 0.4) is 0 Å². The maximum Gasteiger partial charge on any atom is 0.526 e. The lowest BCUT2D eigenvalue weighted by atomic mass is 10.8. The van der Waals surface area contributed by atoms with Crippen molar-refractivity contribution in [2.45, 2.75) is 6.92 Å². The molecule has 0 aromatic carbocycles. The summed E-state index contributed by atoms with van der Waals surface area (Å²) in [5.41, 5.74) is 0. The van der Waals surface area contributed by atoms with Gasteiger partial charge in [-0.1, -0.05) is 0 Å². The average molecular weight is 146 g/mol. The predicted octanol–water partition coefficient (Wildman–Crippen LogP) is 2.37. The Morgan fingerprint density at radius 3 is 2.88 bits per heavy atom. The number of hydrogen-bond donors (Lipinski definition) is 0. The lowest BCUT2D eigenvalue weighted by Crippen LogP contribution is -1.42. The summed E-state index contributed by atoms with van der Waals surface area (Å²) in [7, 11) is -1.60. The third-order valence-corrected chi connectivity index (χ3v) is 1.49. The SMILES string of the molecule is CC=C[P+](=O)N=C=S. The summed E-state index contributed by atoms with van der Waals surface area (Å²) in [6.07, 6.45) is 1.66. The minimum absolute atomic E-state index is 1.47. The van der Waals surface area contributed by atoms with Crippen molar-refractivity contribution in [2.75, 3.05) is 0 Å². The van der Waals surface area contributed by atoms with Crippen LogP contribution in [-0.4, -0.2) is 5.16 Å². The van der Waals surface area contributed by atoms with Gasteiger partial charge in [-0.15, -0.1) is 0 Å². The molecule has 0 bridgehead atoms. The van der Waals surface area contributed by atoms with Gasteiger partial charge in [0.1, 0.15) is 5.16 Å². The van der Waals surface area contributed by atoms with Crippen molar-refractivity contribution in [1.29, 1.82) is 0 Å². The number of rotatable bonds is 2. The number of allylic oxidation sites excluding steroid dienone is 1. The Balaban J connectivity index is 3.84. The van der Waals surface area contributed by atoms with E-state index in [9.17, 15) is 4.57 Å². The van der Waals surface area contributed by atoms with E-state index in [-0.39, 0.29) is 0 Å². The van der Waals surface area contributed by atoms with Crippen molar-refractivity contribution in [3.05, 3.63) is 11.9 Å². The van der Waals surface area contributed by atoms with Crippen molar-refractivity contribution in [3.63, 3.8) is 0 Å². The zero-order valence-corrected chi connectivity index (χ0v) is 6.08. The highest BCUT2D eigenvalue weighted by molar-refractivity contribution is 7.78. The quantitative estimate of drug-likeness (QED) is 0.340. The molecule has 1 unspecified atom stereocenters. The molecule has 0 heterocycles. The van der Waals surface area contributed by atoms with Crippen molar-refractivity contribution in [3.8, 4) is 0 Å². The molecule has 0 radical (unpaired) electrons.